The number of pyridine rings is 1. The average Bonchev–Trinajstić information content (AvgIpc) is 3.87. The molecule has 2 aliphatic heterocycles. The Kier molecular flexibility index (Phi) is 12.3. The van der Waals surface area contributed by atoms with Crippen molar-refractivity contribution in [3.8, 4) is 11.1 Å². The van der Waals surface area contributed by atoms with Crippen molar-refractivity contribution in [1.29, 1.82) is 0 Å². The minimum absolute atomic E-state index is 0.0813. The number of likely N-dealkylation sites (tertiary alicyclic amines) is 2. The summed E-state index contributed by atoms with van der Waals surface area (Å²) in [6, 6.07) is 21.0. The molecule has 0 radical (unpaired) electrons. The summed E-state index contributed by atoms with van der Waals surface area (Å²) in [5.41, 5.74) is 5.04. The zero-order valence-electron chi connectivity index (χ0n) is 34.7. The van der Waals surface area contributed by atoms with Gasteiger partial charge in [-0.2, -0.15) is 0 Å². The lowest BCUT2D eigenvalue weighted by molar-refractivity contribution is -0.140. The number of carbonyl (C=O) groups is 5. The minimum atomic E-state index is -0.978. The van der Waals surface area contributed by atoms with Gasteiger partial charge >= 0.3 is 12.2 Å². The van der Waals surface area contributed by atoms with Gasteiger partial charge in [0.25, 0.3) is 0 Å². The largest absolute Gasteiger partial charge is 0.448 e. The molecular formula is C47H52FN5O7. The van der Waals surface area contributed by atoms with E-state index in [0.29, 0.717) is 62.0 Å². The fraction of sp³-hybridized carbons (Fsp3) is 0.404. The molecule has 1 N–H and O–H groups in total. The van der Waals surface area contributed by atoms with Crippen molar-refractivity contribution >= 4 is 29.8 Å². The van der Waals surface area contributed by atoms with Crippen molar-refractivity contribution < 1.29 is 37.8 Å². The van der Waals surface area contributed by atoms with Crippen molar-refractivity contribution in [1.82, 2.24) is 25.0 Å². The van der Waals surface area contributed by atoms with Gasteiger partial charge in [0.05, 0.1) is 6.04 Å². The van der Waals surface area contributed by atoms with Crippen LogP contribution in [0.5, 0.6) is 0 Å². The number of rotatable bonds is 10. The molecule has 7 rings (SSSR count). The maximum Gasteiger partial charge on any atom is 0.410 e. The third-order valence-corrected chi connectivity index (χ3v) is 11.9. The van der Waals surface area contributed by atoms with Gasteiger partial charge in [-0.15, -0.1) is 0 Å². The molecule has 314 valence electrons. The summed E-state index contributed by atoms with van der Waals surface area (Å²) in [4.78, 5) is 77.5. The van der Waals surface area contributed by atoms with Crippen molar-refractivity contribution in [3.05, 3.63) is 125 Å². The second kappa shape index (κ2) is 17.6. The number of fused-ring (bicyclic) bond motifs is 3. The molecule has 1 aromatic heterocycles. The third kappa shape index (κ3) is 9.05. The van der Waals surface area contributed by atoms with Crippen LogP contribution < -0.4 is 5.32 Å². The molecule has 2 saturated heterocycles. The Bertz CT molecular complexity index is 2210. The highest BCUT2D eigenvalue weighted by Gasteiger charge is 2.42. The van der Waals surface area contributed by atoms with E-state index in [9.17, 15) is 28.4 Å². The Morgan fingerprint density at radius 3 is 2.13 bits per heavy atom. The molecule has 0 bridgehead atoms. The number of carbonyl (C=O) groups excluding carboxylic acids is 5. The van der Waals surface area contributed by atoms with Crippen LogP contribution in [0.4, 0.5) is 14.0 Å². The van der Waals surface area contributed by atoms with Crippen LogP contribution in [0.3, 0.4) is 0 Å². The summed E-state index contributed by atoms with van der Waals surface area (Å²) in [5, 5.41) is 3.00. The van der Waals surface area contributed by atoms with Gasteiger partial charge in [-0.05, 0) is 117 Å². The molecule has 4 aromatic rings. The van der Waals surface area contributed by atoms with E-state index in [0.717, 1.165) is 22.3 Å². The lowest BCUT2D eigenvalue weighted by atomic mass is 9.88. The number of halogens is 1. The highest BCUT2D eigenvalue weighted by atomic mass is 19.1. The molecule has 3 aromatic carbocycles. The van der Waals surface area contributed by atoms with E-state index in [1.807, 2.05) is 24.3 Å². The molecular weight excluding hydrogens is 766 g/mol. The molecule has 3 atom stereocenters. The smallest absolute Gasteiger partial charge is 0.410 e. The highest BCUT2D eigenvalue weighted by Crippen LogP contribution is 2.44. The van der Waals surface area contributed by atoms with Gasteiger partial charge in [0.15, 0.2) is 5.78 Å². The molecule has 4 amide bonds. The van der Waals surface area contributed by atoms with Crippen LogP contribution >= 0.6 is 0 Å². The summed E-state index contributed by atoms with van der Waals surface area (Å²) in [5.74, 6) is -2.02. The second-order valence-electron chi connectivity index (χ2n) is 16.9. The molecule has 0 unspecified atom stereocenters. The lowest BCUT2D eigenvalue weighted by Crippen LogP contribution is -2.58. The predicted molar refractivity (Wildman–Crippen MR) is 223 cm³/mol. The predicted octanol–water partition coefficient (Wildman–Crippen LogP) is 7.52. The van der Waals surface area contributed by atoms with Crippen LogP contribution in [0, 0.1) is 11.7 Å². The minimum Gasteiger partial charge on any atom is -0.448 e. The molecule has 0 spiro atoms. The topological polar surface area (TPSA) is 138 Å². The summed E-state index contributed by atoms with van der Waals surface area (Å²) in [7, 11) is 1.48. The fourth-order valence-corrected chi connectivity index (χ4v) is 8.51. The highest BCUT2D eigenvalue weighted by molar-refractivity contribution is 6.08. The van der Waals surface area contributed by atoms with Crippen LogP contribution in [0.15, 0.2) is 91.3 Å². The number of likely N-dealkylation sites (N-methyl/N-ethyl adjacent to an activating group) is 1. The van der Waals surface area contributed by atoms with Crippen molar-refractivity contribution in [3.63, 3.8) is 0 Å². The van der Waals surface area contributed by atoms with Crippen LogP contribution in [0.2, 0.25) is 0 Å². The quantitative estimate of drug-likeness (QED) is 0.162. The van der Waals surface area contributed by atoms with Gasteiger partial charge in [0.1, 0.15) is 30.1 Å². The van der Waals surface area contributed by atoms with Crippen molar-refractivity contribution in [2.45, 2.75) is 83.0 Å². The molecule has 13 heteroatoms. The van der Waals surface area contributed by atoms with Crippen molar-refractivity contribution in [2.24, 2.45) is 5.92 Å². The van der Waals surface area contributed by atoms with Crippen LogP contribution in [0.1, 0.15) is 97.9 Å². The van der Waals surface area contributed by atoms with Gasteiger partial charge in [-0.3, -0.25) is 24.3 Å². The van der Waals surface area contributed by atoms with Gasteiger partial charge in [-0.25, -0.2) is 14.0 Å². The van der Waals surface area contributed by atoms with E-state index in [1.165, 1.54) is 42.4 Å². The van der Waals surface area contributed by atoms with Gasteiger partial charge in [0.2, 0.25) is 11.8 Å². The van der Waals surface area contributed by atoms with E-state index in [-0.39, 0.29) is 30.1 Å². The first-order valence-corrected chi connectivity index (χ1v) is 20.6. The SMILES string of the molecule is C[C@@H](C(=O)N[C@H](C(=O)N1CCC[C@H]1c1cncc(C(=O)c2ccc(F)cc2)c1)C1CCN(C(=O)OCC2c3ccccc3-c3ccccc32)CC1)N(C)C(=O)OC(C)(C)C. The number of aromatic nitrogens is 1. The number of ether oxygens (including phenoxy) is 2. The molecule has 1 aliphatic carbocycles. The number of hydrogen-bond donors (Lipinski definition) is 1. The average molecular weight is 818 g/mol. The number of ketones is 1. The summed E-state index contributed by atoms with van der Waals surface area (Å²) < 4.78 is 25.0. The summed E-state index contributed by atoms with van der Waals surface area (Å²) >= 11 is 0. The normalized spacial score (nSPS) is 17.6. The zero-order valence-corrected chi connectivity index (χ0v) is 34.7. The maximum absolute atomic E-state index is 14.8. The monoisotopic (exact) mass is 817 g/mol. The molecule has 12 nitrogen and oxygen atoms in total. The number of piperidine rings is 1. The Balaban J connectivity index is 1.06. The Morgan fingerprint density at radius 2 is 1.50 bits per heavy atom. The van der Waals surface area contributed by atoms with E-state index in [4.69, 9.17) is 9.47 Å². The van der Waals surface area contributed by atoms with E-state index in [2.05, 4.69) is 34.6 Å². The van der Waals surface area contributed by atoms with Crippen LogP contribution in [0.25, 0.3) is 11.1 Å². The Morgan fingerprint density at radius 1 is 0.867 bits per heavy atom. The first-order chi connectivity index (χ1) is 28.7. The van der Waals surface area contributed by atoms with Gasteiger partial charge in [-0.1, -0.05) is 48.5 Å². The summed E-state index contributed by atoms with van der Waals surface area (Å²) in [6.07, 6.45) is 4.11. The first kappa shape index (κ1) is 42.0. The van der Waals surface area contributed by atoms with Crippen LogP contribution in [-0.2, 0) is 19.1 Å². The molecule has 3 aliphatic rings. The zero-order chi connectivity index (χ0) is 42.7. The van der Waals surface area contributed by atoms with Crippen LogP contribution in [-0.4, -0.2) is 100 Å². The molecule has 0 saturated carbocycles. The fourth-order valence-electron chi connectivity index (χ4n) is 8.51. The molecule has 2 fully saturated rings. The summed E-state index contributed by atoms with van der Waals surface area (Å²) in [6.45, 7) is 8.03. The molecule has 60 heavy (non-hydrogen) atoms. The van der Waals surface area contributed by atoms with Gasteiger partial charge < -0.3 is 24.6 Å². The van der Waals surface area contributed by atoms with E-state index in [1.54, 1.807) is 49.8 Å². The lowest BCUT2D eigenvalue weighted by Gasteiger charge is -2.38. The Labute approximate surface area is 350 Å². The van der Waals surface area contributed by atoms with Gasteiger partial charge in [0, 0.05) is 56.1 Å². The first-order valence-electron chi connectivity index (χ1n) is 20.6. The number of hydrogen-bond acceptors (Lipinski definition) is 8. The number of amides is 4. The number of nitrogens with one attached hydrogen (secondary N) is 1. The number of benzene rings is 3. The Hall–Kier alpha value is -6.11. The maximum atomic E-state index is 14.8. The van der Waals surface area contributed by atoms with E-state index < -0.39 is 47.6 Å². The third-order valence-electron chi connectivity index (χ3n) is 11.9. The van der Waals surface area contributed by atoms with Crippen molar-refractivity contribution in [2.75, 3.05) is 33.3 Å². The second-order valence-corrected chi connectivity index (χ2v) is 16.9. The molecule has 3 heterocycles. The standard InChI is InChI=1S/C47H52FN5O7/c1-29(51(5)45(57)60-47(2,3)4)43(55)50-41(44(56)53-22-10-15-40(53)32-25-33(27-49-26-32)42(54)31-16-18-34(48)19-17-31)30-20-23-52(24-21-30)46(58)59-28-39-37-13-8-6-11-35(37)36-12-7-9-14-38(36)39/h6-9,11-14,16-19,25-27,29-30,39-41H,10,15,20-24,28H2,1-5H3,(H,50,55)/t29-,40-,41-/m0/s1. The van der Waals surface area contributed by atoms with E-state index >= 15 is 0 Å². The number of nitrogens with zero attached hydrogens (tertiary/aromatic N) is 4.